The molecule has 0 aliphatic heterocycles. The summed E-state index contributed by atoms with van der Waals surface area (Å²) in [7, 11) is 0. The van der Waals surface area contributed by atoms with E-state index in [1.165, 1.54) is 0 Å². The van der Waals surface area contributed by atoms with Crippen LogP contribution in [-0.4, -0.2) is 67.1 Å². The number of aliphatic hydroxyl groups excluding tert-OH is 2. The summed E-state index contributed by atoms with van der Waals surface area (Å²) in [6.45, 7) is 2.36. The van der Waals surface area contributed by atoms with Crippen molar-refractivity contribution in [3.05, 3.63) is 0 Å². The average Bonchev–Trinajstić information content (AvgIpc) is 2.60. The summed E-state index contributed by atoms with van der Waals surface area (Å²) >= 11 is 0. The van der Waals surface area contributed by atoms with Gasteiger partial charge < -0.3 is 30.3 Å². The lowest BCUT2D eigenvalue weighted by molar-refractivity contribution is -0.155. The van der Waals surface area contributed by atoms with Gasteiger partial charge in [0.1, 0.15) is 11.6 Å². The van der Waals surface area contributed by atoms with Gasteiger partial charge in [0.2, 0.25) is 12.8 Å². The molecule has 0 heterocycles. The van der Waals surface area contributed by atoms with E-state index in [1.54, 1.807) is 13.8 Å². The molecule has 0 aromatic heterocycles. The van der Waals surface area contributed by atoms with Crippen LogP contribution in [0.25, 0.3) is 0 Å². The first-order valence-electron chi connectivity index (χ1n) is 8.43. The maximum atomic E-state index is 12.1. The van der Waals surface area contributed by atoms with Gasteiger partial charge in [-0.05, 0) is 33.1 Å². The molecule has 2 atom stereocenters. The van der Waals surface area contributed by atoms with Gasteiger partial charge in [0, 0.05) is 0 Å². The number of carbonyl (C=O) groups is 4. The highest BCUT2D eigenvalue weighted by Crippen LogP contribution is 2.24. The largest absolute Gasteiger partial charge is 0.466 e. The molecule has 10 heteroatoms. The second kappa shape index (κ2) is 13.1. The van der Waals surface area contributed by atoms with E-state index in [4.69, 9.17) is 9.47 Å². The third kappa shape index (κ3) is 6.96. The minimum absolute atomic E-state index is 0.0183. The third-order valence-electron chi connectivity index (χ3n) is 3.95. The lowest BCUT2D eigenvalue weighted by Crippen LogP contribution is -2.64. The molecule has 26 heavy (non-hydrogen) atoms. The van der Waals surface area contributed by atoms with E-state index >= 15 is 0 Å². The normalized spacial score (nSPS) is 13.2. The zero-order chi connectivity index (χ0) is 20.0. The van der Waals surface area contributed by atoms with E-state index in [-0.39, 0.29) is 32.5 Å². The van der Waals surface area contributed by atoms with E-state index < -0.39 is 42.7 Å². The number of ether oxygens (including phenoxy) is 2. The monoisotopic (exact) mass is 376 g/mol. The number of hydrogen-bond acceptors (Lipinski definition) is 8. The molecule has 0 aromatic carbocycles. The number of carbonyl (C=O) groups excluding carboxylic acids is 4. The zero-order valence-electron chi connectivity index (χ0n) is 15.1. The van der Waals surface area contributed by atoms with Crippen LogP contribution >= 0.6 is 0 Å². The maximum absolute atomic E-state index is 12.1. The van der Waals surface area contributed by atoms with E-state index in [9.17, 15) is 29.4 Å². The van der Waals surface area contributed by atoms with Gasteiger partial charge in [-0.25, -0.2) is 0 Å². The standard InChI is InChI=1S/C16H28N2O8/c1-3-25-14(23)12(8-19)6-5-7-16(17-10-21,18-11-22)13(9-20)15(24)26-4-2/h10-13,19-20H,3-9H2,1-2H3,(H,17,21)(H,18,22)/t12-,13-/m1/s1. The highest BCUT2D eigenvalue weighted by molar-refractivity contribution is 5.75. The molecule has 0 rings (SSSR count). The molecule has 0 fully saturated rings. The first-order chi connectivity index (χ1) is 12.5. The average molecular weight is 376 g/mol. The van der Waals surface area contributed by atoms with Gasteiger partial charge in [-0.3, -0.25) is 19.2 Å². The fourth-order valence-electron chi connectivity index (χ4n) is 2.62. The van der Waals surface area contributed by atoms with Gasteiger partial charge in [0.25, 0.3) is 0 Å². The van der Waals surface area contributed by atoms with Crippen molar-refractivity contribution in [3.8, 4) is 0 Å². The predicted molar refractivity (Wildman–Crippen MR) is 89.4 cm³/mol. The van der Waals surface area contributed by atoms with Crippen LogP contribution < -0.4 is 10.6 Å². The molecule has 0 bridgehead atoms. The van der Waals surface area contributed by atoms with Crippen LogP contribution in [0.15, 0.2) is 0 Å². The summed E-state index contributed by atoms with van der Waals surface area (Å²) in [5.41, 5.74) is -1.58. The van der Waals surface area contributed by atoms with Crippen LogP contribution in [0.4, 0.5) is 0 Å². The molecule has 0 aliphatic carbocycles. The van der Waals surface area contributed by atoms with E-state index in [1.807, 2.05) is 0 Å². The van der Waals surface area contributed by atoms with E-state index in [0.29, 0.717) is 12.8 Å². The Morgan fingerprint density at radius 2 is 1.54 bits per heavy atom. The van der Waals surface area contributed by atoms with Gasteiger partial charge in [0.05, 0.1) is 32.3 Å². The molecule has 0 radical (unpaired) electrons. The van der Waals surface area contributed by atoms with Gasteiger partial charge >= 0.3 is 11.9 Å². The lowest BCUT2D eigenvalue weighted by Gasteiger charge is -2.38. The number of hydrogen-bond donors (Lipinski definition) is 4. The number of esters is 2. The van der Waals surface area contributed by atoms with Crippen molar-refractivity contribution < 1.29 is 38.9 Å². The first-order valence-corrected chi connectivity index (χ1v) is 8.43. The fraction of sp³-hybridized carbons (Fsp3) is 0.750. The number of aliphatic hydroxyl groups is 2. The van der Waals surface area contributed by atoms with Gasteiger partial charge in [-0.15, -0.1) is 0 Å². The summed E-state index contributed by atoms with van der Waals surface area (Å²) in [5.74, 6) is -3.36. The van der Waals surface area contributed by atoms with Crippen molar-refractivity contribution in [3.63, 3.8) is 0 Å². The van der Waals surface area contributed by atoms with Gasteiger partial charge in [0.15, 0.2) is 0 Å². The first kappa shape index (κ1) is 23.8. The van der Waals surface area contributed by atoms with Crippen molar-refractivity contribution in [2.45, 2.75) is 38.8 Å². The van der Waals surface area contributed by atoms with E-state index in [2.05, 4.69) is 10.6 Å². The summed E-state index contributed by atoms with van der Waals surface area (Å²) in [5, 5.41) is 23.7. The molecule has 0 aromatic rings. The molecule has 0 saturated carbocycles. The Hall–Kier alpha value is -2.20. The van der Waals surface area contributed by atoms with Crippen molar-refractivity contribution >= 4 is 24.8 Å². The SMILES string of the molecule is CCOC(=O)[C@@H](CO)CCCC(NC=O)(NC=O)[C@H](CO)C(=O)OCC. The number of nitrogens with one attached hydrogen (secondary N) is 2. The van der Waals surface area contributed by atoms with Crippen molar-refractivity contribution in [1.82, 2.24) is 10.6 Å². The van der Waals surface area contributed by atoms with Crippen LogP contribution in [0.5, 0.6) is 0 Å². The number of amides is 2. The Balaban J connectivity index is 5.28. The van der Waals surface area contributed by atoms with Crippen LogP contribution in [0.1, 0.15) is 33.1 Å². The second-order valence-corrected chi connectivity index (χ2v) is 5.51. The third-order valence-corrected chi connectivity index (χ3v) is 3.95. The molecule has 0 spiro atoms. The number of rotatable bonds is 15. The summed E-state index contributed by atoms with van der Waals surface area (Å²) in [4.78, 5) is 45.9. The highest BCUT2D eigenvalue weighted by Gasteiger charge is 2.43. The van der Waals surface area contributed by atoms with E-state index in [0.717, 1.165) is 0 Å². The molecule has 10 nitrogen and oxygen atoms in total. The summed E-state index contributed by atoms with van der Waals surface area (Å²) in [6, 6.07) is 0. The van der Waals surface area contributed by atoms with Crippen molar-refractivity contribution in [1.29, 1.82) is 0 Å². The molecular formula is C16H28N2O8. The molecule has 2 amide bonds. The Bertz CT molecular complexity index is 448. The summed E-state index contributed by atoms with van der Waals surface area (Å²) in [6.07, 6.45) is 1.05. The van der Waals surface area contributed by atoms with Gasteiger partial charge in [-0.1, -0.05) is 0 Å². The van der Waals surface area contributed by atoms with Gasteiger partial charge in [-0.2, -0.15) is 0 Å². The van der Waals surface area contributed by atoms with Crippen LogP contribution in [0.3, 0.4) is 0 Å². The smallest absolute Gasteiger partial charge is 0.315 e. The summed E-state index contributed by atoms with van der Waals surface area (Å²) < 4.78 is 9.74. The van der Waals surface area contributed by atoms with Crippen LogP contribution in [0.2, 0.25) is 0 Å². The lowest BCUT2D eigenvalue weighted by atomic mass is 9.86. The Morgan fingerprint density at radius 3 is 1.96 bits per heavy atom. The highest BCUT2D eigenvalue weighted by atomic mass is 16.5. The molecular weight excluding hydrogens is 348 g/mol. The topological polar surface area (TPSA) is 151 Å². The quantitative estimate of drug-likeness (QED) is 0.156. The molecule has 150 valence electrons. The molecule has 4 N–H and O–H groups in total. The molecule has 0 saturated heterocycles. The molecule has 0 aliphatic rings. The second-order valence-electron chi connectivity index (χ2n) is 5.51. The fourth-order valence-corrected chi connectivity index (χ4v) is 2.62. The minimum Gasteiger partial charge on any atom is -0.466 e. The van der Waals surface area contributed by atoms with Crippen molar-refractivity contribution in [2.75, 3.05) is 26.4 Å². The van der Waals surface area contributed by atoms with Crippen LogP contribution in [0, 0.1) is 11.8 Å². The zero-order valence-corrected chi connectivity index (χ0v) is 15.1. The molecule has 0 unspecified atom stereocenters. The Kier molecular flexibility index (Phi) is 12.0. The Labute approximate surface area is 152 Å². The maximum Gasteiger partial charge on any atom is 0.315 e. The van der Waals surface area contributed by atoms with Crippen molar-refractivity contribution in [2.24, 2.45) is 11.8 Å². The van der Waals surface area contributed by atoms with Crippen LogP contribution in [-0.2, 0) is 28.7 Å². The predicted octanol–water partition coefficient (Wildman–Crippen LogP) is -1.31. The minimum atomic E-state index is -1.58. The Morgan fingerprint density at radius 1 is 1.00 bits per heavy atom.